The van der Waals surface area contributed by atoms with Crippen molar-refractivity contribution >= 4 is 10.0 Å². The first-order chi connectivity index (χ1) is 7.94. The van der Waals surface area contributed by atoms with Crippen LogP contribution in [0.5, 0.6) is 0 Å². The molecule has 0 bridgehead atoms. The molecule has 0 aliphatic rings. The van der Waals surface area contributed by atoms with Gasteiger partial charge in [0.1, 0.15) is 0 Å². The van der Waals surface area contributed by atoms with E-state index in [-0.39, 0.29) is 16.7 Å². The van der Waals surface area contributed by atoms with E-state index in [0.717, 1.165) is 5.56 Å². The predicted molar refractivity (Wildman–Crippen MR) is 62.6 cm³/mol. The Morgan fingerprint density at radius 1 is 1.11 bits per heavy atom. The van der Waals surface area contributed by atoms with Crippen LogP contribution in [0.4, 0.5) is 13.2 Å². The monoisotopic (exact) mass is 281 g/mol. The second-order valence-electron chi connectivity index (χ2n) is 4.32. The summed E-state index contributed by atoms with van der Waals surface area (Å²) in [5.41, 5.74) is 1.02. The maximum absolute atomic E-state index is 12.9. The molecule has 2 N–H and O–H groups in total. The summed E-state index contributed by atoms with van der Waals surface area (Å²) in [4.78, 5) is 0. The van der Waals surface area contributed by atoms with Gasteiger partial charge in [-0.05, 0) is 37.5 Å². The zero-order valence-corrected chi connectivity index (χ0v) is 11.0. The number of aryl methyl sites for hydroxylation is 3. The molecular formula is C11H14F3NO2S. The van der Waals surface area contributed by atoms with Crippen molar-refractivity contribution in [2.75, 3.05) is 0 Å². The van der Waals surface area contributed by atoms with Gasteiger partial charge < -0.3 is 0 Å². The molecule has 0 amide bonds. The normalized spacial score (nSPS) is 14.6. The van der Waals surface area contributed by atoms with E-state index in [1.54, 1.807) is 6.92 Å². The summed E-state index contributed by atoms with van der Waals surface area (Å²) in [7, 11) is -4.76. The minimum atomic E-state index is -4.93. The van der Waals surface area contributed by atoms with Crippen LogP contribution in [0.1, 0.15) is 27.5 Å². The van der Waals surface area contributed by atoms with Gasteiger partial charge in [0, 0.05) is 0 Å². The molecular weight excluding hydrogens is 267 g/mol. The Labute approximate surface area is 104 Å². The largest absolute Gasteiger partial charge is 0.410 e. The summed E-state index contributed by atoms with van der Waals surface area (Å²) in [5.74, 6) is 0. The fourth-order valence-corrected chi connectivity index (χ4v) is 3.19. The molecule has 0 heterocycles. The lowest BCUT2D eigenvalue weighted by atomic mass is 9.97. The van der Waals surface area contributed by atoms with E-state index in [1.807, 2.05) is 0 Å². The van der Waals surface area contributed by atoms with Gasteiger partial charge in [0.05, 0.1) is 0 Å². The molecule has 0 spiro atoms. The van der Waals surface area contributed by atoms with Crippen molar-refractivity contribution in [3.05, 3.63) is 34.4 Å². The van der Waals surface area contributed by atoms with E-state index in [4.69, 9.17) is 5.14 Å². The molecule has 0 fully saturated rings. The third kappa shape index (κ3) is 3.02. The predicted octanol–water partition coefficient (Wildman–Crippen LogP) is 2.50. The molecule has 102 valence electrons. The van der Waals surface area contributed by atoms with Crippen molar-refractivity contribution in [2.45, 2.75) is 32.2 Å². The molecule has 1 aromatic rings. The number of halogens is 3. The molecule has 0 aromatic heterocycles. The summed E-state index contributed by atoms with van der Waals surface area (Å²) in [6, 6.07) is 3.01. The number of hydrogen-bond donors (Lipinski definition) is 1. The van der Waals surface area contributed by atoms with Gasteiger partial charge >= 0.3 is 6.18 Å². The lowest BCUT2D eigenvalue weighted by molar-refractivity contribution is -0.131. The summed E-state index contributed by atoms with van der Waals surface area (Å²) < 4.78 is 61.2. The number of primary sulfonamides is 1. The highest BCUT2D eigenvalue weighted by Gasteiger charge is 2.49. The van der Waals surface area contributed by atoms with Crippen molar-refractivity contribution in [1.82, 2.24) is 0 Å². The molecule has 0 aliphatic carbocycles. The maximum Gasteiger partial charge on any atom is 0.410 e. The third-order valence-electron chi connectivity index (χ3n) is 2.63. The van der Waals surface area contributed by atoms with Crippen LogP contribution in [0.3, 0.4) is 0 Å². The van der Waals surface area contributed by atoms with Crippen molar-refractivity contribution in [3.8, 4) is 0 Å². The van der Waals surface area contributed by atoms with Crippen molar-refractivity contribution < 1.29 is 21.6 Å². The Kier molecular flexibility index (Phi) is 3.78. The first-order valence-corrected chi connectivity index (χ1v) is 6.71. The summed E-state index contributed by atoms with van der Waals surface area (Å²) in [6.45, 7) is 4.61. The lowest BCUT2D eigenvalue weighted by Gasteiger charge is -2.22. The van der Waals surface area contributed by atoms with Crippen LogP contribution in [0.25, 0.3) is 0 Å². The van der Waals surface area contributed by atoms with E-state index in [2.05, 4.69) is 0 Å². The van der Waals surface area contributed by atoms with Gasteiger partial charge in [-0.2, -0.15) is 13.2 Å². The lowest BCUT2D eigenvalue weighted by Crippen LogP contribution is -2.34. The summed E-state index contributed by atoms with van der Waals surface area (Å²) in [5, 5.41) is 2.05. The Bertz CT molecular complexity index is 541. The van der Waals surface area contributed by atoms with Crippen LogP contribution in [-0.4, -0.2) is 14.6 Å². The van der Waals surface area contributed by atoms with Gasteiger partial charge in [0.25, 0.3) is 0 Å². The van der Waals surface area contributed by atoms with Gasteiger partial charge in [0.15, 0.2) is 5.25 Å². The van der Waals surface area contributed by atoms with Crippen molar-refractivity contribution in [3.63, 3.8) is 0 Å². The van der Waals surface area contributed by atoms with Crippen LogP contribution in [0, 0.1) is 20.8 Å². The molecule has 1 aromatic carbocycles. The van der Waals surface area contributed by atoms with E-state index >= 15 is 0 Å². The average Bonchev–Trinajstić information content (AvgIpc) is 2.06. The van der Waals surface area contributed by atoms with Gasteiger partial charge in [-0.25, -0.2) is 13.6 Å². The molecule has 0 saturated carbocycles. The SMILES string of the molecule is Cc1cc(C)c(C(C(F)(F)F)S(N)(=O)=O)c(C)c1. The number of rotatable bonds is 2. The van der Waals surface area contributed by atoms with Crippen LogP contribution >= 0.6 is 0 Å². The Morgan fingerprint density at radius 3 is 1.78 bits per heavy atom. The molecule has 7 heteroatoms. The van der Waals surface area contributed by atoms with Gasteiger partial charge in [-0.3, -0.25) is 0 Å². The van der Waals surface area contributed by atoms with Crippen molar-refractivity contribution in [2.24, 2.45) is 5.14 Å². The average molecular weight is 281 g/mol. The maximum atomic E-state index is 12.9. The zero-order valence-electron chi connectivity index (χ0n) is 10.2. The minimum Gasteiger partial charge on any atom is -0.228 e. The molecule has 1 rings (SSSR count). The molecule has 3 nitrogen and oxygen atoms in total. The summed E-state index contributed by atoms with van der Waals surface area (Å²) in [6.07, 6.45) is -4.93. The number of sulfonamides is 1. The fraction of sp³-hybridized carbons (Fsp3) is 0.455. The number of alkyl halides is 3. The molecule has 1 unspecified atom stereocenters. The first-order valence-electron chi connectivity index (χ1n) is 5.10. The Morgan fingerprint density at radius 2 is 1.50 bits per heavy atom. The van der Waals surface area contributed by atoms with Crippen molar-refractivity contribution in [1.29, 1.82) is 0 Å². The molecule has 1 atom stereocenters. The smallest absolute Gasteiger partial charge is 0.228 e. The molecule has 0 saturated heterocycles. The number of nitrogens with two attached hydrogens (primary N) is 1. The highest BCUT2D eigenvalue weighted by molar-refractivity contribution is 7.89. The van der Waals surface area contributed by atoms with E-state index in [0.29, 0.717) is 0 Å². The Hall–Kier alpha value is -1.08. The van der Waals surface area contributed by atoms with E-state index in [1.165, 1.54) is 26.0 Å². The highest BCUT2D eigenvalue weighted by Crippen LogP contribution is 2.40. The quantitative estimate of drug-likeness (QED) is 0.905. The molecule has 0 aliphatic heterocycles. The second-order valence-corrected chi connectivity index (χ2v) is 5.97. The number of hydrogen-bond acceptors (Lipinski definition) is 2. The fourth-order valence-electron chi connectivity index (χ4n) is 2.12. The molecule has 18 heavy (non-hydrogen) atoms. The summed E-state index contributed by atoms with van der Waals surface area (Å²) >= 11 is 0. The zero-order chi connectivity index (χ0) is 14.3. The van der Waals surface area contributed by atoms with Crippen LogP contribution < -0.4 is 5.14 Å². The third-order valence-corrected chi connectivity index (χ3v) is 3.79. The number of benzene rings is 1. The molecule has 0 radical (unpaired) electrons. The highest BCUT2D eigenvalue weighted by atomic mass is 32.2. The first kappa shape index (κ1) is 15.0. The minimum absolute atomic E-state index is 0.267. The van der Waals surface area contributed by atoms with Gasteiger partial charge in [0.2, 0.25) is 10.0 Å². The Balaban J connectivity index is 3.60. The topological polar surface area (TPSA) is 60.2 Å². The van der Waals surface area contributed by atoms with Crippen LogP contribution in [0.2, 0.25) is 0 Å². The second kappa shape index (κ2) is 4.55. The van der Waals surface area contributed by atoms with Crippen LogP contribution in [0.15, 0.2) is 12.1 Å². The van der Waals surface area contributed by atoms with Gasteiger partial charge in [-0.1, -0.05) is 17.7 Å². The standard InChI is InChI=1S/C11H14F3NO2S/c1-6-4-7(2)9(8(3)5-6)10(11(12,13)14)18(15,16)17/h4-5,10H,1-3H3,(H2,15,16,17). The van der Waals surface area contributed by atoms with Gasteiger partial charge in [-0.15, -0.1) is 0 Å². The van der Waals surface area contributed by atoms with E-state index in [9.17, 15) is 21.6 Å². The van der Waals surface area contributed by atoms with Crippen LogP contribution in [-0.2, 0) is 10.0 Å². The van der Waals surface area contributed by atoms with E-state index < -0.39 is 21.4 Å².